The first kappa shape index (κ1) is 19.0. The lowest BCUT2D eigenvalue weighted by Crippen LogP contribution is -2.48. The molecule has 4 rings (SSSR count). The van der Waals surface area contributed by atoms with Crippen molar-refractivity contribution < 1.29 is 14.3 Å². The third kappa shape index (κ3) is 3.80. The van der Waals surface area contributed by atoms with E-state index < -0.39 is 11.9 Å². The lowest BCUT2D eigenvalue weighted by molar-refractivity contribution is 0.122. The van der Waals surface area contributed by atoms with Crippen molar-refractivity contribution in [2.45, 2.75) is 32.9 Å². The molecule has 3 aromatic heterocycles. The van der Waals surface area contributed by atoms with Crippen LogP contribution in [0.1, 0.15) is 20.3 Å². The van der Waals surface area contributed by atoms with E-state index in [4.69, 9.17) is 0 Å². The molecule has 0 unspecified atom stereocenters. The second kappa shape index (κ2) is 7.57. The molecule has 4 heterocycles. The molecular formula is C18H23FN8O2. The molecule has 1 fully saturated rings. The molecule has 1 amide bonds. The summed E-state index contributed by atoms with van der Waals surface area (Å²) in [5, 5.41) is 20.1. The Morgan fingerprint density at radius 3 is 3.00 bits per heavy atom. The van der Waals surface area contributed by atoms with Gasteiger partial charge in [0.2, 0.25) is 5.95 Å². The van der Waals surface area contributed by atoms with E-state index in [1.165, 1.54) is 11.1 Å². The molecule has 0 spiro atoms. The highest BCUT2D eigenvalue weighted by Crippen LogP contribution is 2.28. The number of likely N-dealkylation sites (tertiary alicyclic amines) is 1. The number of aryl methyl sites for hydroxylation is 1. The Kier molecular flexibility index (Phi) is 4.95. The fraction of sp³-hybridized carbons (Fsp3) is 0.444. The lowest BCUT2D eigenvalue weighted by atomic mass is 9.93. The van der Waals surface area contributed by atoms with Crippen molar-refractivity contribution in [2.24, 2.45) is 5.92 Å². The monoisotopic (exact) mass is 402 g/mol. The van der Waals surface area contributed by atoms with Crippen molar-refractivity contribution >= 4 is 34.6 Å². The minimum Gasteiger partial charge on any atom is -0.465 e. The van der Waals surface area contributed by atoms with Gasteiger partial charge in [-0.15, -0.1) is 0 Å². The van der Waals surface area contributed by atoms with E-state index in [0.717, 1.165) is 13.0 Å². The molecule has 1 aliphatic rings. The molecule has 1 saturated heterocycles. The van der Waals surface area contributed by atoms with Crippen LogP contribution in [0.15, 0.2) is 18.6 Å². The zero-order chi connectivity index (χ0) is 20.5. The van der Waals surface area contributed by atoms with Gasteiger partial charge in [0.25, 0.3) is 0 Å². The van der Waals surface area contributed by atoms with E-state index in [-0.39, 0.29) is 23.3 Å². The zero-order valence-corrected chi connectivity index (χ0v) is 16.2. The average molecular weight is 402 g/mol. The van der Waals surface area contributed by atoms with Gasteiger partial charge in [-0.2, -0.15) is 15.1 Å². The fourth-order valence-corrected chi connectivity index (χ4v) is 3.49. The molecule has 0 saturated carbocycles. The Balaban J connectivity index is 1.65. The van der Waals surface area contributed by atoms with E-state index in [1.807, 2.05) is 20.0 Å². The van der Waals surface area contributed by atoms with Crippen LogP contribution in [0.5, 0.6) is 0 Å². The first-order chi connectivity index (χ1) is 13.9. The molecule has 4 N–H and O–H groups in total. The van der Waals surface area contributed by atoms with Crippen LogP contribution in [0.2, 0.25) is 0 Å². The highest BCUT2D eigenvalue weighted by atomic mass is 19.1. The van der Waals surface area contributed by atoms with Crippen molar-refractivity contribution in [3.05, 3.63) is 24.4 Å². The van der Waals surface area contributed by atoms with E-state index in [2.05, 4.69) is 30.7 Å². The number of hydrogen-bond acceptors (Lipinski definition) is 6. The number of aromatic nitrogens is 5. The smallest absolute Gasteiger partial charge is 0.407 e. The number of carbonyl (C=O) groups is 1. The summed E-state index contributed by atoms with van der Waals surface area (Å²) in [7, 11) is 0. The molecule has 0 aliphatic carbocycles. The third-order valence-electron chi connectivity index (χ3n) is 5.25. The Labute approximate surface area is 166 Å². The van der Waals surface area contributed by atoms with Gasteiger partial charge in [-0.3, -0.25) is 4.68 Å². The van der Waals surface area contributed by atoms with Crippen molar-refractivity contribution in [1.29, 1.82) is 0 Å². The van der Waals surface area contributed by atoms with Crippen molar-refractivity contribution in [3.8, 4) is 0 Å². The van der Waals surface area contributed by atoms with Crippen LogP contribution < -0.4 is 10.6 Å². The van der Waals surface area contributed by atoms with Crippen LogP contribution in [0, 0.1) is 11.7 Å². The molecule has 2 atom stereocenters. The maximum absolute atomic E-state index is 14.4. The molecule has 10 nitrogen and oxygen atoms in total. The van der Waals surface area contributed by atoms with Gasteiger partial charge in [-0.05, 0) is 19.3 Å². The summed E-state index contributed by atoms with van der Waals surface area (Å²) < 4.78 is 16.1. The van der Waals surface area contributed by atoms with Crippen LogP contribution >= 0.6 is 0 Å². The molecule has 0 bridgehead atoms. The molecule has 154 valence electrons. The fourth-order valence-electron chi connectivity index (χ4n) is 3.49. The van der Waals surface area contributed by atoms with Gasteiger partial charge in [0.1, 0.15) is 11.5 Å². The number of fused-ring (bicyclic) bond motifs is 1. The zero-order valence-electron chi connectivity index (χ0n) is 16.2. The largest absolute Gasteiger partial charge is 0.465 e. The van der Waals surface area contributed by atoms with E-state index >= 15 is 0 Å². The Morgan fingerprint density at radius 1 is 1.45 bits per heavy atom. The maximum atomic E-state index is 14.4. The Hall–Kier alpha value is -3.37. The number of H-pyrrole nitrogens is 1. The van der Waals surface area contributed by atoms with Gasteiger partial charge in [0, 0.05) is 38.1 Å². The van der Waals surface area contributed by atoms with Crippen LogP contribution in [0.3, 0.4) is 0 Å². The van der Waals surface area contributed by atoms with Gasteiger partial charge in [0.15, 0.2) is 5.82 Å². The number of amides is 1. The number of halogens is 1. The van der Waals surface area contributed by atoms with Gasteiger partial charge in [-0.25, -0.2) is 9.18 Å². The molecule has 11 heteroatoms. The third-order valence-corrected chi connectivity index (χ3v) is 5.25. The summed E-state index contributed by atoms with van der Waals surface area (Å²) >= 11 is 0. The lowest BCUT2D eigenvalue weighted by Gasteiger charge is -2.36. The summed E-state index contributed by atoms with van der Waals surface area (Å²) in [6.45, 7) is 5.55. The topological polar surface area (TPSA) is 124 Å². The highest BCUT2D eigenvalue weighted by molar-refractivity contribution is 5.89. The summed E-state index contributed by atoms with van der Waals surface area (Å²) in [5.74, 6) is 0.350. The van der Waals surface area contributed by atoms with Gasteiger partial charge in [0.05, 0.1) is 17.3 Å². The Bertz CT molecular complexity index is 1030. The normalized spacial score (nSPS) is 19.5. The average Bonchev–Trinajstić information content (AvgIpc) is 3.30. The van der Waals surface area contributed by atoms with Crippen LogP contribution in [0.4, 0.5) is 26.6 Å². The van der Waals surface area contributed by atoms with Crippen LogP contribution in [0.25, 0.3) is 11.0 Å². The molecular weight excluding hydrogens is 379 g/mol. The summed E-state index contributed by atoms with van der Waals surface area (Å²) in [4.78, 5) is 24.3. The van der Waals surface area contributed by atoms with Crippen molar-refractivity contribution in [1.82, 2.24) is 29.6 Å². The number of carboxylic acid groups (broad SMARTS) is 1. The van der Waals surface area contributed by atoms with Crippen molar-refractivity contribution in [3.63, 3.8) is 0 Å². The van der Waals surface area contributed by atoms with E-state index in [1.54, 1.807) is 10.9 Å². The molecule has 3 aromatic rings. The van der Waals surface area contributed by atoms with Crippen LogP contribution in [-0.2, 0) is 6.54 Å². The maximum Gasteiger partial charge on any atom is 0.407 e. The summed E-state index contributed by atoms with van der Waals surface area (Å²) in [6, 6.07) is -0.192. The number of anilines is 3. The second-order valence-electron chi connectivity index (χ2n) is 7.21. The summed E-state index contributed by atoms with van der Waals surface area (Å²) in [6.07, 6.45) is 4.48. The Morgan fingerprint density at radius 2 is 2.28 bits per heavy atom. The number of nitrogens with one attached hydrogen (secondary N) is 3. The molecule has 0 radical (unpaired) electrons. The quantitative estimate of drug-likeness (QED) is 0.517. The predicted molar refractivity (Wildman–Crippen MR) is 106 cm³/mol. The first-order valence-corrected chi connectivity index (χ1v) is 9.53. The van der Waals surface area contributed by atoms with Gasteiger partial charge >= 0.3 is 6.09 Å². The van der Waals surface area contributed by atoms with Gasteiger partial charge < -0.3 is 25.6 Å². The first-order valence-electron chi connectivity index (χ1n) is 9.53. The molecule has 1 aliphatic heterocycles. The number of nitrogens with zero attached hydrogens (tertiary/aromatic N) is 5. The number of rotatable bonds is 5. The number of hydrogen-bond donors (Lipinski definition) is 4. The molecule has 0 aromatic carbocycles. The summed E-state index contributed by atoms with van der Waals surface area (Å²) in [5.41, 5.74) is 1.07. The predicted octanol–water partition coefficient (Wildman–Crippen LogP) is 2.86. The van der Waals surface area contributed by atoms with Crippen LogP contribution in [-0.4, -0.2) is 60.0 Å². The second-order valence-corrected chi connectivity index (χ2v) is 7.21. The highest BCUT2D eigenvalue weighted by Gasteiger charge is 2.30. The van der Waals surface area contributed by atoms with Crippen molar-refractivity contribution in [2.75, 3.05) is 23.7 Å². The minimum absolute atomic E-state index is 0.192. The number of aromatic amines is 1. The minimum atomic E-state index is -0.959. The van der Waals surface area contributed by atoms with E-state index in [9.17, 15) is 14.3 Å². The van der Waals surface area contributed by atoms with Gasteiger partial charge in [-0.1, -0.05) is 6.92 Å². The standard InChI is InChI=1S/C18H23FN8O2/c1-3-27-8-11(6-21-27)22-17-24-15-14(12(19)7-20-15)16(25-17)23-13-9-26(18(28)29)5-4-10(13)2/h6-8,10,13H,3-5,9H2,1-2H3,(H,28,29)(H3,20,22,23,24,25)/t10-,13+/m1/s1. The van der Waals surface area contributed by atoms with E-state index in [0.29, 0.717) is 30.2 Å². The SMILES string of the molecule is CCn1cc(Nc2nc(N[C@H]3CN(C(=O)O)CC[C@H]3C)c3c(F)c[nH]c3n2)cn1. The number of piperidine rings is 1. The molecule has 29 heavy (non-hydrogen) atoms.